The molecule has 12 heavy (non-hydrogen) atoms. The van der Waals surface area contributed by atoms with Gasteiger partial charge >= 0.3 is 0 Å². The quantitative estimate of drug-likeness (QED) is 0.629. The Balaban J connectivity index is 1.83. The molecule has 0 aromatic heterocycles. The van der Waals surface area contributed by atoms with E-state index in [1.54, 1.807) is 0 Å². The monoisotopic (exact) mass is 169 g/mol. The van der Waals surface area contributed by atoms with E-state index >= 15 is 0 Å². The highest BCUT2D eigenvalue weighted by molar-refractivity contribution is 4.81. The Bertz CT molecular complexity index is 114. The van der Waals surface area contributed by atoms with E-state index in [0.717, 1.165) is 11.8 Å². The molecule has 0 atom stereocenters. The number of nitrogens with two attached hydrogens (primary N) is 1. The van der Waals surface area contributed by atoms with Gasteiger partial charge < -0.3 is 5.73 Å². The summed E-state index contributed by atoms with van der Waals surface area (Å²) in [5, 5.41) is 0. The summed E-state index contributed by atoms with van der Waals surface area (Å²) >= 11 is 0. The zero-order valence-electron chi connectivity index (χ0n) is 8.55. The van der Waals surface area contributed by atoms with Gasteiger partial charge in [0.25, 0.3) is 0 Å². The van der Waals surface area contributed by atoms with E-state index in [1.807, 2.05) is 0 Å². The van der Waals surface area contributed by atoms with Crippen LogP contribution in [0.2, 0.25) is 0 Å². The number of hydrogen-bond donors (Lipinski definition) is 1. The zero-order valence-corrected chi connectivity index (χ0v) is 8.55. The van der Waals surface area contributed by atoms with Crippen LogP contribution in [0.3, 0.4) is 0 Å². The summed E-state index contributed by atoms with van der Waals surface area (Å²) in [6.45, 7) is 4.61. The molecule has 0 spiro atoms. The fourth-order valence-corrected chi connectivity index (χ4v) is 2.01. The van der Waals surface area contributed by atoms with Gasteiger partial charge in [0.05, 0.1) is 0 Å². The maximum atomic E-state index is 5.72. The molecule has 1 heteroatoms. The molecule has 0 aliphatic heterocycles. The molecule has 72 valence electrons. The zero-order chi connectivity index (χ0) is 8.97. The molecule has 0 aromatic rings. The van der Waals surface area contributed by atoms with Gasteiger partial charge in [-0.15, -0.1) is 0 Å². The average Bonchev–Trinajstić information content (AvgIpc) is 1.93. The Morgan fingerprint density at radius 1 is 1.25 bits per heavy atom. The van der Waals surface area contributed by atoms with Crippen LogP contribution in [-0.4, -0.2) is 6.04 Å². The van der Waals surface area contributed by atoms with Crippen LogP contribution < -0.4 is 5.73 Å². The molecule has 1 saturated carbocycles. The smallest absolute Gasteiger partial charge is 0.00441 e. The molecule has 0 unspecified atom stereocenters. The van der Waals surface area contributed by atoms with Crippen LogP contribution in [-0.2, 0) is 0 Å². The number of hydrogen-bond acceptors (Lipinski definition) is 1. The van der Waals surface area contributed by atoms with Crippen LogP contribution >= 0.6 is 0 Å². The van der Waals surface area contributed by atoms with Crippen molar-refractivity contribution in [1.29, 1.82) is 0 Å². The van der Waals surface area contributed by atoms with Crippen LogP contribution in [0.25, 0.3) is 0 Å². The van der Waals surface area contributed by atoms with Crippen LogP contribution in [0.15, 0.2) is 0 Å². The predicted octanol–water partition coefficient (Wildman–Crippen LogP) is 2.94. The lowest BCUT2D eigenvalue weighted by Gasteiger charge is -2.32. The van der Waals surface area contributed by atoms with E-state index in [2.05, 4.69) is 13.8 Å². The second-order valence-corrected chi connectivity index (χ2v) is 4.78. The third kappa shape index (κ3) is 3.57. The molecule has 1 aliphatic rings. The summed E-state index contributed by atoms with van der Waals surface area (Å²) in [7, 11) is 0. The first-order valence-corrected chi connectivity index (χ1v) is 5.44. The lowest BCUT2D eigenvalue weighted by molar-refractivity contribution is 0.242. The van der Waals surface area contributed by atoms with Crippen molar-refractivity contribution in [3.63, 3.8) is 0 Å². The maximum absolute atomic E-state index is 5.72. The summed E-state index contributed by atoms with van der Waals surface area (Å²) in [5.41, 5.74) is 5.72. The fraction of sp³-hybridized carbons (Fsp3) is 1.00. The van der Waals surface area contributed by atoms with Gasteiger partial charge in [-0.3, -0.25) is 0 Å². The van der Waals surface area contributed by atoms with Gasteiger partial charge in [0.1, 0.15) is 0 Å². The minimum atomic E-state index is 0.542. The molecular formula is C11H23N. The Morgan fingerprint density at radius 3 is 2.42 bits per heavy atom. The number of unbranched alkanes of at least 4 members (excludes halogenated alkanes) is 1. The molecule has 0 saturated heterocycles. The Labute approximate surface area is 76.7 Å². The van der Waals surface area contributed by atoms with Crippen molar-refractivity contribution in [2.75, 3.05) is 0 Å². The van der Waals surface area contributed by atoms with E-state index in [1.165, 1.54) is 38.5 Å². The lowest BCUT2D eigenvalue weighted by Crippen LogP contribution is -2.36. The third-order valence-electron chi connectivity index (χ3n) is 2.92. The summed E-state index contributed by atoms with van der Waals surface area (Å²) in [4.78, 5) is 0. The highest BCUT2D eigenvalue weighted by atomic mass is 14.7. The standard InChI is InChI=1S/C11H23N/c1-9(2)5-3-4-6-10-7-11(12)8-10/h9-11H,3-8,12H2,1-2H3. The van der Waals surface area contributed by atoms with E-state index in [-0.39, 0.29) is 0 Å². The lowest BCUT2D eigenvalue weighted by atomic mass is 9.78. The SMILES string of the molecule is CC(C)CCCCC1CC(N)C1. The molecule has 0 bridgehead atoms. The first-order valence-electron chi connectivity index (χ1n) is 5.44. The molecule has 0 radical (unpaired) electrons. The van der Waals surface area contributed by atoms with Crippen molar-refractivity contribution in [3.8, 4) is 0 Å². The van der Waals surface area contributed by atoms with Gasteiger partial charge in [-0.2, -0.15) is 0 Å². The van der Waals surface area contributed by atoms with Crippen LogP contribution in [0.1, 0.15) is 52.4 Å². The van der Waals surface area contributed by atoms with Gasteiger partial charge in [0, 0.05) is 6.04 Å². The average molecular weight is 169 g/mol. The van der Waals surface area contributed by atoms with E-state index in [0.29, 0.717) is 6.04 Å². The minimum Gasteiger partial charge on any atom is -0.328 e. The molecule has 1 aliphatic carbocycles. The first-order chi connectivity index (χ1) is 5.68. The van der Waals surface area contributed by atoms with Crippen LogP contribution in [0.4, 0.5) is 0 Å². The summed E-state index contributed by atoms with van der Waals surface area (Å²) in [6, 6.07) is 0.542. The van der Waals surface area contributed by atoms with Crippen LogP contribution in [0.5, 0.6) is 0 Å². The predicted molar refractivity (Wildman–Crippen MR) is 54.0 cm³/mol. The first kappa shape index (κ1) is 10.0. The van der Waals surface area contributed by atoms with Gasteiger partial charge in [-0.05, 0) is 24.7 Å². The highest BCUT2D eigenvalue weighted by Crippen LogP contribution is 2.30. The molecule has 0 amide bonds. The molecule has 1 rings (SSSR count). The molecule has 0 aromatic carbocycles. The second-order valence-electron chi connectivity index (χ2n) is 4.78. The Kier molecular flexibility index (Phi) is 4.07. The topological polar surface area (TPSA) is 26.0 Å². The van der Waals surface area contributed by atoms with Crippen molar-refractivity contribution in [3.05, 3.63) is 0 Å². The van der Waals surface area contributed by atoms with Crippen molar-refractivity contribution in [2.45, 2.75) is 58.4 Å². The van der Waals surface area contributed by atoms with E-state index < -0.39 is 0 Å². The van der Waals surface area contributed by atoms with Gasteiger partial charge in [0.15, 0.2) is 0 Å². The van der Waals surface area contributed by atoms with Crippen molar-refractivity contribution >= 4 is 0 Å². The Morgan fingerprint density at radius 2 is 1.92 bits per heavy atom. The van der Waals surface area contributed by atoms with Crippen molar-refractivity contribution in [1.82, 2.24) is 0 Å². The van der Waals surface area contributed by atoms with Gasteiger partial charge in [-0.25, -0.2) is 0 Å². The summed E-state index contributed by atoms with van der Waals surface area (Å²) in [5.74, 6) is 1.86. The van der Waals surface area contributed by atoms with E-state index in [9.17, 15) is 0 Å². The number of rotatable bonds is 5. The van der Waals surface area contributed by atoms with Crippen molar-refractivity contribution in [2.24, 2.45) is 17.6 Å². The fourth-order valence-electron chi connectivity index (χ4n) is 2.01. The summed E-state index contributed by atoms with van der Waals surface area (Å²) < 4.78 is 0. The molecule has 1 fully saturated rings. The second kappa shape index (κ2) is 4.86. The third-order valence-corrected chi connectivity index (χ3v) is 2.92. The largest absolute Gasteiger partial charge is 0.328 e. The highest BCUT2D eigenvalue weighted by Gasteiger charge is 2.24. The Hall–Kier alpha value is -0.0400. The van der Waals surface area contributed by atoms with Crippen molar-refractivity contribution < 1.29 is 0 Å². The van der Waals surface area contributed by atoms with Gasteiger partial charge in [0.2, 0.25) is 0 Å². The molecule has 0 heterocycles. The minimum absolute atomic E-state index is 0.542. The molecule has 1 nitrogen and oxygen atoms in total. The normalized spacial score (nSPS) is 29.0. The van der Waals surface area contributed by atoms with Crippen LogP contribution in [0, 0.1) is 11.8 Å². The maximum Gasteiger partial charge on any atom is 0.00441 e. The molecule has 2 N–H and O–H groups in total. The molecular weight excluding hydrogens is 146 g/mol. The van der Waals surface area contributed by atoms with E-state index in [4.69, 9.17) is 5.73 Å². The van der Waals surface area contributed by atoms with Gasteiger partial charge in [-0.1, -0.05) is 39.5 Å². The summed E-state index contributed by atoms with van der Waals surface area (Å²) in [6.07, 6.45) is 8.27.